The lowest BCUT2D eigenvalue weighted by Gasteiger charge is -2.05. The maximum atomic E-state index is 13.0. The third kappa shape index (κ3) is 4.87. The van der Waals surface area contributed by atoms with Gasteiger partial charge in [-0.15, -0.1) is 0 Å². The van der Waals surface area contributed by atoms with Crippen molar-refractivity contribution in [1.29, 1.82) is 0 Å². The lowest BCUT2D eigenvalue weighted by atomic mass is 10.2. The van der Waals surface area contributed by atoms with E-state index in [1.165, 1.54) is 12.1 Å². The Kier molecular flexibility index (Phi) is 8.25. The summed E-state index contributed by atoms with van der Waals surface area (Å²) in [6, 6.07) is 2.83. The largest absolute Gasteiger partial charge is 0.397 e. The molecule has 120 valence electrons. The van der Waals surface area contributed by atoms with Crippen LogP contribution in [0.1, 0.15) is 11.1 Å². The minimum Gasteiger partial charge on any atom is -0.397 e. The van der Waals surface area contributed by atoms with Gasteiger partial charge in [-0.1, -0.05) is 0 Å². The zero-order valence-electron chi connectivity index (χ0n) is 11.4. The van der Waals surface area contributed by atoms with Crippen LogP contribution in [-0.4, -0.2) is 0 Å². The van der Waals surface area contributed by atoms with Crippen LogP contribution in [0.4, 0.5) is 14.5 Å². The van der Waals surface area contributed by atoms with Crippen molar-refractivity contribution in [1.82, 2.24) is 0 Å². The van der Waals surface area contributed by atoms with Crippen LogP contribution in [0.3, 0.4) is 0 Å². The van der Waals surface area contributed by atoms with E-state index in [0.717, 1.165) is 12.5 Å². The van der Waals surface area contributed by atoms with Crippen LogP contribution in [0.2, 0.25) is 0 Å². The van der Waals surface area contributed by atoms with Gasteiger partial charge in [-0.05, 0) is 112 Å². The Morgan fingerprint density at radius 3 is 1.77 bits per heavy atom. The summed E-state index contributed by atoms with van der Waals surface area (Å²) in [6.07, 6.45) is 0. The molecule has 0 radical (unpaired) electrons. The molecule has 8 heteroatoms. The highest BCUT2D eigenvalue weighted by atomic mass is 127. The molecule has 0 aliphatic heterocycles. The van der Waals surface area contributed by atoms with Crippen LogP contribution in [0.5, 0.6) is 0 Å². The van der Waals surface area contributed by atoms with Crippen molar-refractivity contribution in [3.63, 3.8) is 0 Å². The second-order valence-corrected chi connectivity index (χ2v) is 8.66. The van der Waals surface area contributed by atoms with Crippen LogP contribution < -0.4 is 5.73 Å². The van der Waals surface area contributed by atoms with Crippen molar-refractivity contribution < 1.29 is 8.78 Å². The molecule has 0 amide bonds. The van der Waals surface area contributed by atoms with Gasteiger partial charge in [0.05, 0.1) is 5.69 Å². The monoisotopic (exact) mass is 673 g/mol. The summed E-state index contributed by atoms with van der Waals surface area (Å²) < 4.78 is 29.7. The third-order valence-electron chi connectivity index (χ3n) is 2.78. The molecule has 2 N–H and O–H groups in total. The second-order valence-electron chi connectivity index (χ2n) is 4.29. The maximum Gasteiger partial charge on any atom is 0.128 e. The minimum atomic E-state index is -0.266. The highest BCUT2D eigenvalue weighted by Gasteiger charge is 2.09. The van der Waals surface area contributed by atoms with Crippen LogP contribution in [0.25, 0.3) is 0 Å². The molecule has 2 aromatic rings. The summed E-state index contributed by atoms with van der Waals surface area (Å²) in [5.41, 5.74) is 7.31. The highest BCUT2D eigenvalue weighted by molar-refractivity contribution is 14.1. The summed E-state index contributed by atoms with van der Waals surface area (Å²) in [5, 5.41) is 0. The van der Waals surface area contributed by atoms with Crippen molar-refractivity contribution >= 4 is 92.0 Å². The SMILES string of the molecule is Cc1c(F)cc(Br)c(I)c1Br.Cc1c(F)cc(Br)c(N)c1Br. The lowest BCUT2D eigenvalue weighted by Crippen LogP contribution is -1.93. The summed E-state index contributed by atoms with van der Waals surface area (Å²) in [5.74, 6) is -0.456. The van der Waals surface area contributed by atoms with Crippen molar-refractivity contribution in [2.75, 3.05) is 5.73 Å². The Hall–Kier alpha value is 0.750. The van der Waals surface area contributed by atoms with E-state index >= 15 is 0 Å². The Morgan fingerprint density at radius 1 is 0.864 bits per heavy atom. The zero-order chi connectivity index (χ0) is 17.2. The fraction of sp³-hybridized carbons (Fsp3) is 0.143. The second kappa shape index (κ2) is 8.73. The van der Waals surface area contributed by atoms with Crippen LogP contribution in [-0.2, 0) is 0 Å². The summed E-state index contributed by atoms with van der Waals surface area (Å²) in [6.45, 7) is 3.41. The molecule has 2 rings (SSSR count). The molecular formula is C14H10Br4F2IN. The molecule has 0 saturated heterocycles. The van der Waals surface area contributed by atoms with E-state index in [1.807, 2.05) is 0 Å². The molecule has 0 atom stereocenters. The fourth-order valence-electron chi connectivity index (χ4n) is 1.37. The molecule has 0 unspecified atom stereocenters. The standard InChI is InChI=1S/C7H4Br2FI.C7H6Br2FN/c2*1-3-5(10)2-4(8)7(11)6(3)9/h2H,1H3;2H,11H2,1H3. The zero-order valence-corrected chi connectivity index (χ0v) is 19.9. The topological polar surface area (TPSA) is 26.0 Å². The summed E-state index contributed by atoms with van der Waals surface area (Å²) in [4.78, 5) is 0. The van der Waals surface area contributed by atoms with Gasteiger partial charge >= 0.3 is 0 Å². The van der Waals surface area contributed by atoms with Gasteiger partial charge in [0.25, 0.3) is 0 Å². The number of anilines is 1. The van der Waals surface area contributed by atoms with E-state index < -0.39 is 0 Å². The number of nitrogen functional groups attached to an aromatic ring is 1. The molecular weight excluding hydrogens is 667 g/mol. The third-order valence-corrected chi connectivity index (χ3v) is 8.68. The van der Waals surface area contributed by atoms with Crippen LogP contribution >= 0.6 is 86.3 Å². The molecule has 0 spiro atoms. The lowest BCUT2D eigenvalue weighted by molar-refractivity contribution is 0.615. The molecule has 2 aromatic carbocycles. The quantitative estimate of drug-likeness (QED) is 0.133. The first-order valence-electron chi connectivity index (χ1n) is 5.77. The normalized spacial score (nSPS) is 10.2. The smallest absolute Gasteiger partial charge is 0.128 e. The van der Waals surface area contributed by atoms with E-state index in [9.17, 15) is 8.78 Å². The van der Waals surface area contributed by atoms with Crippen molar-refractivity contribution in [3.05, 3.63) is 56.4 Å². The number of hydrogen-bond acceptors (Lipinski definition) is 1. The Labute approximate surface area is 175 Å². The number of benzene rings is 2. The van der Waals surface area contributed by atoms with E-state index in [-0.39, 0.29) is 11.6 Å². The van der Waals surface area contributed by atoms with Crippen molar-refractivity contribution in [2.45, 2.75) is 13.8 Å². The summed E-state index contributed by atoms with van der Waals surface area (Å²) in [7, 11) is 0. The molecule has 0 aliphatic rings. The average molecular weight is 677 g/mol. The first-order valence-corrected chi connectivity index (χ1v) is 10.0. The van der Waals surface area contributed by atoms with E-state index in [2.05, 4.69) is 86.3 Å². The van der Waals surface area contributed by atoms with Gasteiger partial charge in [0.2, 0.25) is 0 Å². The molecule has 0 bridgehead atoms. The minimum absolute atomic E-state index is 0.191. The van der Waals surface area contributed by atoms with Crippen molar-refractivity contribution in [3.8, 4) is 0 Å². The number of rotatable bonds is 0. The van der Waals surface area contributed by atoms with Gasteiger partial charge < -0.3 is 5.73 Å². The van der Waals surface area contributed by atoms with E-state index in [4.69, 9.17) is 5.73 Å². The maximum absolute atomic E-state index is 13.0. The molecule has 22 heavy (non-hydrogen) atoms. The first kappa shape index (κ1) is 20.8. The number of nitrogens with two attached hydrogens (primary N) is 1. The van der Waals surface area contributed by atoms with Gasteiger partial charge in [-0.3, -0.25) is 0 Å². The van der Waals surface area contributed by atoms with Crippen LogP contribution in [0.15, 0.2) is 30.0 Å². The predicted molar refractivity (Wildman–Crippen MR) is 110 cm³/mol. The first-order chi connectivity index (χ1) is 10.1. The highest BCUT2D eigenvalue weighted by Crippen LogP contribution is 2.32. The van der Waals surface area contributed by atoms with Gasteiger partial charge in [-0.25, -0.2) is 8.78 Å². The van der Waals surface area contributed by atoms with Gasteiger partial charge in [0.1, 0.15) is 11.6 Å². The number of halogens is 7. The average Bonchev–Trinajstić information content (AvgIpc) is 2.47. The predicted octanol–water partition coefficient (Wildman–Crippen LogP) is 7.51. The molecule has 0 fully saturated rings. The van der Waals surface area contributed by atoms with E-state index in [0.29, 0.717) is 25.8 Å². The molecule has 1 nitrogen and oxygen atoms in total. The summed E-state index contributed by atoms with van der Waals surface area (Å²) >= 11 is 15.0. The number of hydrogen-bond donors (Lipinski definition) is 1. The van der Waals surface area contributed by atoms with Gasteiger partial charge in [0.15, 0.2) is 0 Å². The van der Waals surface area contributed by atoms with Crippen molar-refractivity contribution in [2.24, 2.45) is 0 Å². The van der Waals surface area contributed by atoms with E-state index in [1.54, 1.807) is 13.8 Å². The van der Waals surface area contributed by atoms with Gasteiger partial charge in [0, 0.05) is 32.6 Å². The Balaban J connectivity index is 0.000000220. The molecule has 0 aliphatic carbocycles. The Morgan fingerprint density at radius 2 is 1.27 bits per heavy atom. The molecule has 0 saturated carbocycles. The van der Waals surface area contributed by atoms with Crippen LogP contribution in [0, 0.1) is 29.1 Å². The fourth-order valence-corrected chi connectivity index (χ4v) is 4.06. The van der Waals surface area contributed by atoms with Gasteiger partial charge in [-0.2, -0.15) is 0 Å². The Bertz CT molecular complexity index is 609. The molecule has 0 heterocycles. The molecule has 0 aromatic heterocycles.